The van der Waals surface area contributed by atoms with Crippen molar-refractivity contribution in [1.29, 1.82) is 0 Å². The molecule has 0 fully saturated rings. The zero-order chi connectivity index (χ0) is 11.6. The highest BCUT2D eigenvalue weighted by molar-refractivity contribution is 5.88. The van der Waals surface area contributed by atoms with Gasteiger partial charge < -0.3 is 9.32 Å². The van der Waals surface area contributed by atoms with E-state index < -0.39 is 0 Å². The fourth-order valence-electron chi connectivity index (χ4n) is 2.77. The highest BCUT2D eigenvalue weighted by Gasteiger charge is 2.44. The topological polar surface area (TPSA) is 56.4 Å². The molecule has 3 aliphatic rings. The second-order valence-electron chi connectivity index (χ2n) is 4.65. The standard InChI is InChI=1S/C11H13N5O/c1-6-3-8-10(17-6)4-9-11-14-13-7(2)16(11)12-5-15(8)9/h3,5,9,11,14H,4H2,1-2H3. The third-order valence-corrected chi connectivity index (χ3v) is 3.56. The molecule has 1 aromatic heterocycles. The molecular formula is C11H13N5O. The van der Waals surface area contributed by atoms with Gasteiger partial charge in [-0.2, -0.15) is 10.2 Å². The first kappa shape index (κ1) is 9.09. The van der Waals surface area contributed by atoms with Crippen molar-refractivity contribution in [2.75, 3.05) is 4.90 Å². The molecule has 0 saturated heterocycles. The number of hydrogen-bond acceptors (Lipinski definition) is 6. The molecule has 4 rings (SSSR count). The van der Waals surface area contributed by atoms with Crippen molar-refractivity contribution in [3.05, 3.63) is 17.6 Å². The minimum Gasteiger partial charge on any atom is -0.464 e. The summed E-state index contributed by atoms with van der Waals surface area (Å²) in [5.41, 5.74) is 4.28. The van der Waals surface area contributed by atoms with E-state index in [1.807, 2.05) is 25.2 Å². The van der Waals surface area contributed by atoms with Crippen molar-refractivity contribution in [2.24, 2.45) is 10.2 Å². The maximum Gasteiger partial charge on any atom is 0.159 e. The van der Waals surface area contributed by atoms with Crippen LogP contribution in [0, 0.1) is 6.92 Å². The van der Waals surface area contributed by atoms with E-state index in [0.717, 1.165) is 29.5 Å². The Labute approximate surface area is 98.6 Å². The summed E-state index contributed by atoms with van der Waals surface area (Å²) in [5.74, 6) is 2.91. The second-order valence-corrected chi connectivity index (χ2v) is 4.65. The molecule has 3 aliphatic heterocycles. The lowest BCUT2D eigenvalue weighted by Crippen LogP contribution is -2.55. The van der Waals surface area contributed by atoms with Gasteiger partial charge in [-0.3, -0.25) is 5.43 Å². The molecule has 2 atom stereocenters. The van der Waals surface area contributed by atoms with Crippen molar-refractivity contribution in [1.82, 2.24) is 10.4 Å². The van der Waals surface area contributed by atoms with E-state index in [-0.39, 0.29) is 6.17 Å². The smallest absolute Gasteiger partial charge is 0.159 e. The molecule has 0 spiro atoms. The van der Waals surface area contributed by atoms with E-state index in [1.54, 1.807) is 0 Å². The lowest BCUT2D eigenvalue weighted by atomic mass is 10.1. The summed E-state index contributed by atoms with van der Waals surface area (Å²) in [6.07, 6.45) is 2.88. The molecule has 1 N–H and O–H groups in total. The summed E-state index contributed by atoms with van der Waals surface area (Å²) in [6, 6.07) is 2.38. The molecule has 0 aromatic carbocycles. The molecule has 0 bridgehead atoms. The van der Waals surface area contributed by atoms with Crippen LogP contribution in [-0.2, 0) is 6.42 Å². The zero-order valence-corrected chi connectivity index (χ0v) is 9.71. The maximum absolute atomic E-state index is 5.71. The SMILES string of the molecule is CC1=NNC2C3Cc4oc(C)cc4N3C=NN12. The van der Waals surface area contributed by atoms with Crippen molar-refractivity contribution < 1.29 is 4.42 Å². The quantitative estimate of drug-likeness (QED) is 0.719. The van der Waals surface area contributed by atoms with Crippen LogP contribution in [0.3, 0.4) is 0 Å². The number of nitrogens with one attached hydrogen (secondary N) is 1. The Kier molecular flexibility index (Phi) is 1.51. The van der Waals surface area contributed by atoms with Crippen LogP contribution in [-0.4, -0.2) is 29.4 Å². The number of hydrazone groups is 2. The second kappa shape index (κ2) is 2.82. The molecule has 0 radical (unpaired) electrons. The molecule has 0 amide bonds. The van der Waals surface area contributed by atoms with Gasteiger partial charge in [-0.15, -0.1) is 0 Å². The van der Waals surface area contributed by atoms with Crippen LogP contribution in [0.2, 0.25) is 0 Å². The Morgan fingerprint density at radius 2 is 2.35 bits per heavy atom. The Balaban J connectivity index is 1.75. The molecule has 6 heteroatoms. The van der Waals surface area contributed by atoms with Gasteiger partial charge in [0, 0.05) is 12.5 Å². The molecule has 0 aliphatic carbocycles. The molecular weight excluding hydrogens is 218 g/mol. The minimum absolute atomic E-state index is 0.114. The van der Waals surface area contributed by atoms with Gasteiger partial charge in [-0.25, -0.2) is 5.01 Å². The number of fused-ring (bicyclic) bond motifs is 5. The van der Waals surface area contributed by atoms with Crippen molar-refractivity contribution in [3.63, 3.8) is 0 Å². The van der Waals surface area contributed by atoms with E-state index in [1.165, 1.54) is 0 Å². The van der Waals surface area contributed by atoms with E-state index in [2.05, 4.69) is 26.6 Å². The van der Waals surface area contributed by atoms with Gasteiger partial charge in [-0.05, 0) is 13.8 Å². The largest absolute Gasteiger partial charge is 0.464 e. The molecule has 1 aromatic rings. The summed E-state index contributed by atoms with van der Waals surface area (Å²) in [5, 5.41) is 10.6. The van der Waals surface area contributed by atoms with E-state index >= 15 is 0 Å². The zero-order valence-electron chi connectivity index (χ0n) is 9.71. The van der Waals surface area contributed by atoms with Crippen LogP contribution in [0.1, 0.15) is 18.4 Å². The average Bonchev–Trinajstić information content (AvgIpc) is 2.91. The Morgan fingerprint density at radius 1 is 1.47 bits per heavy atom. The van der Waals surface area contributed by atoms with Crippen molar-refractivity contribution in [2.45, 2.75) is 32.5 Å². The highest BCUT2D eigenvalue weighted by Crippen LogP contribution is 2.37. The number of amidine groups is 1. The Hall–Kier alpha value is -1.98. The predicted molar refractivity (Wildman–Crippen MR) is 63.8 cm³/mol. The Morgan fingerprint density at radius 3 is 3.24 bits per heavy atom. The summed E-state index contributed by atoms with van der Waals surface area (Å²) in [4.78, 5) is 2.17. The fourth-order valence-corrected chi connectivity index (χ4v) is 2.77. The molecule has 2 unspecified atom stereocenters. The number of nitrogens with zero attached hydrogens (tertiary/aromatic N) is 4. The monoisotopic (exact) mass is 231 g/mol. The molecule has 17 heavy (non-hydrogen) atoms. The molecule has 0 saturated carbocycles. The third kappa shape index (κ3) is 1.05. The van der Waals surface area contributed by atoms with Crippen LogP contribution in [0.25, 0.3) is 0 Å². The van der Waals surface area contributed by atoms with Crippen LogP contribution in [0.15, 0.2) is 20.7 Å². The van der Waals surface area contributed by atoms with Gasteiger partial charge in [0.15, 0.2) is 6.17 Å². The number of anilines is 1. The lowest BCUT2D eigenvalue weighted by Gasteiger charge is -2.35. The van der Waals surface area contributed by atoms with Crippen molar-refractivity contribution >= 4 is 17.9 Å². The fraction of sp³-hybridized carbons (Fsp3) is 0.455. The molecule has 6 nitrogen and oxygen atoms in total. The van der Waals surface area contributed by atoms with Gasteiger partial charge in [-0.1, -0.05) is 0 Å². The lowest BCUT2D eigenvalue weighted by molar-refractivity contribution is 0.253. The van der Waals surface area contributed by atoms with Crippen molar-refractivity contribution in [3.8, 4) is 0 Å². The van der Waals surface area contributed by atoms with E-state index in [9.17, 15) is 0 Å². The summed E-state index contributed by atoms with van der Waals surface area (Å²) >= 11 is 0. The third-order valence-electron chi connectivity index (χ3n) is 3.56. The number of rotatable bonds is 0. The van der Waals surface area contributed by atoms with Gasteiger partial charge in [0.1, 0.15) is 23.7 Å². The first-order chi connectivity index (χ1) is 8.24. The first-order valence-corrected chi connectivity index (χ1v) is 5.75. The van der Waals surface area contributed by atoms with Crippen LogP contribution in [0.4, 0.5) is 5.69 Å². The minimum atomic E-state index is 0.114. The molecule has 4 heterocycles. The number of furan rings is 1. The average molecular weight is 231 g/mol. The first-order valence-electron chi connectivity index (χ1n) is 5.75. The van der Waals surface area contributed by atoms with Crippen LogP contribution in [0.5, 0.6) is 0 Å². The summed E-state index contributed by atoms with van der Waals surface area (Å²) in [6.45, 7) is 3.93. The van der Waals surface area contributed by atoms with Gasteiger partial charge in [0.25, 0.3) is 0 Å². The maximum atomic E-state index is 5.71. The summed E-state index contributed by atoms with van der Waals surface area (Å²) in [7, 11) is 0. The van der Waals surface area contributed by atoms with E-state index in [0.29, 0.717) is 6.04 Å². The molecule has 88 valence electrons. The number of hydrogen-bond donors (Lipinski definition) is 1. The predicted octanol–water partition coefficient (Wildman–Crippen LogP) is 0.841. The summed E-state index contributed by atoms with van der Waals surface area (Å²) < 4.78 is 5.71. The van der Waals surface area contributed by atoms with Gasteiger partial charge in [0.05, 0.1) is 11.7 Å². The van der Waals surface area contributed by atoms with Gasteiger partial charge >= 0.3 is 0 Å². The normalized spacial score (nSPS) is 28.7. The van der Waals surface area contributed by atoms with Gasteiger partial charge in [0.2, 0.25) is 0 Å². The van der Waals surface area contributed by atoms with Crippen LogP contribution < -0.4 is 10.3 Å². The number of aryl methyl sites for hydroxylation is 1. The highest BCUT2D eigenvalue weighted by atomic mass is 16.3. The van der Waals surface area contributed by atoms with Crippen LogP contribution >= 0.6 is 0 Å². The van der Waals surface area contributed by atoms with E-state index in [4.69, 9.17) is 4.42 Å². The Bertz CT molecular complexity index is 546.